The summed E-state index contributed by atoms with van der Waals surface area (Å²) in [6, 6.07) is 9.71. The first-order valence-corrected chi connectivity index (χ1v) is 12.0. The minimum Gasteiger partial charge on any atom is -0.368 e. The van der Waals surface area contributed by atoms with Crippen molar-refractivity contribution in [2.24, 2.45) is 0 Å². The van der Waals surface area contributed by atoms with Crippen LogP contribution in [0.5, 0.6) is 0 Å². The van der Waals surface area contributed by atoms with Gasteiger partial charge in [0.25, 0.3) is 0 Å². The van der Waals surface area contributed by atoms with E-state index in [1.807, 2.05) is 25.1 Å². The second-order valence-corrected chi connectivity index (χ2v) is 13.8. The predicted octanol–water partition coefficient (Wildman–Crippen LogP) is 5.48. The molecule has 0 aliphatic carbocycles. The number of rotatable bonds is 4. The van der Waals surface area contributed by atoms with Gasteiger partial charge in [-0.2, -0.15) is 5.26 Å². The number of aromatic nitrogens is 2. The van der Waals surface area contributed by atoms with Crippen LogP contribution in [0.4, 0.5) is 5.95 Å². The van der Waals surface area contributed by atoms with Gasteiger partial charge in [-0.25, -0.2) is 9.97 Å². The van der Waals surface area contributed by atoms with Crippen molar-refractivity contribution in [3.63, 3.8) is 0 Å². The van der Waals surface area contributed by atoms with E-state index in [9.17, 15) is 5.26 Å². The summed E-state index contributed by atoms with van der Waals surface area (Å²) in [5.74, 6) is 3.55. The van der Waals surface area contributed by atoms with E-state index in [1.165, 1.54) is 0 Å². The van der Waals surface area contributed by atoms with Crippen LogP contribution < -0.4 is 5.73 Å². The lowest BCUT2D eigenvalue weighted by atomic mass is 10.0. The molecule has 2 aromatic rings. The van der Waals surface area contributed by atoms with Crippen molar-refractivity contribution in [1.82, 2.24) is 9.97 Å². The Morgan fingerprint density at radius 3 is 2.14 bits per heavy atom. The number of hydrogen-bond donors (Lipinski definition) is 1. The maximum atomic E-state index is 9.30. The fourth-order valence-electron chi connectivity index (χ4n) is 4.31. The van der Waals surface area contributed by atoms with Gasteiger partial charge in [0.1, 0.15) is 13.8 Å². The number of nitrogen functional groups attached to an aromatic ring is 1. The molecule has 0 radical (unpaired) electrons. The zero-order valence-corrected chi connectivity index (χ0v) is 19.0. The summed E-state index contributed by atoms with van der Waals surface area (Å²) in [6.07, 6.45) is 0. The summed E-state index contributed by atoms with van der Waals surface area (Å²) in [5, 5.41) is 9.30. The van der Waals surface area contributed by atoms with Crippen LogP contribution in [-0.2, 0) is 0 Å². The Kier molecular flexibility index (Phi) is 6.64. The molecule has 4 nitrogen and oxygen atoms in total. The molecule has 2 N–H and O–H groups in total. The molecule has 0 spiro atoms. The zero-order chi connectivity index (χ0) is 21.1. The lowest BCUT2D eigenvalue weighted by Gasteiger charge is -2.38. The van der Waals surface area contributed by atoms with Gasteiger partial charge >= 0.3 is 0 Å². The molecule has 28 heavy (non-hydrogen) atoms. The number of benzene rings is 1. The zero-order valence-electron chi connectivity index (χ0n) is 18.0. The molecular weight excluding hydrogens is 360 g/mol. The molecule has 0 aliphatic heterocycles. The molecule has 5 heteroatoms. The summed E-state index contributed by atoms with van der Waals surface area (Å²) in [5.41, 5.74) is 15.1. The fraction of sp³-hybridized carbons (Fsp3) is 0.435. The fourth-order valence-corrected chi connectivity index (χ4v) is 9.52. The summed E-state index contributed by atoms with van der Waals surface area (Å²) < 4.78 is 0. The molecular formula is C23H30N4Si. The van der Waals surface area contributed by atoms with E-state index in [0.29, 0.717) is 33.6 Å². The number of nitriles is 1. The maximum absolute atomic E-state index is 9.30. The highest BCUT2D eigenvalue weighted by atomic mass is 28.3. The molecule has 1 aromatic carbocycles. The van der Waals surface area contributed by atoms with Crippen molar-refractivity contribution >= 4 is 14.0 Å². The van der Waals surface area contributed by atoms with Gasteiger partial charge in [-0.3, -0.25) is 0 Å². The standard InChI is InChI=1S/C23H30N4Si/c1-15(2)28(16(3)4,17(5)6)12-11-20-13-22(27-23(25)26-20)21-10-8-9-19(14-24)18(21)7/h8-10,13,15-17H,1-7H3,(H2,25,26,27). The summed E-state index contributed by atoms with van der Waals surface area (Å²) in [7, 11) is -1.86. The number of nitrogens with two attached hydrogens (primary N) is 1. The van der Waals surface area contributed by atoms with Crippen LogP contribution in [0, 0.1) is 29.7 Å². The topological polar surface area (TPSA) is 75.6 Å². The predicted molar refractivity (Wildman–Crippen MR) is 119 cm³/mol. The van der Waals surface area contributed by atoms with Crippen LogP contribution in [0.25, 0.3) is 11.3 Å². The van der Waals surface area contributed by atoms with Crippen LogP contribution in [0.2, 0.25) is 16.6 Å². The third kappa shape index (κ3) is 4.10. The van der Waals surface area contributed by atoms with Gasteiger partial charge in [0.15, 0.2) is 0 Å². The maximum Gasteiger partial charge on any atom is 0.221 e. The van der Waals surface area contributed by atoms with Gasteiger partial charge in [0, 0.05) is 5.56 Å². The molecule has 0 atom stereocenters. The minimum absolute atomic E-state index is 0.203. The lowest BCUT2D eigenvalue weighted by molar-refractivity contribution is 0.838. The highest BCUT2D eigenvalue weighted by molar-refractivity contribution is 6.90. The average Bonchev–Trinajstić information content (AvgIpc) is 2.61. The van der Waals surface area contributed by atoms with Gasteiger partial charge in [-0.05, 0) is 41.2 Å². The number of anilines is 1. The van der Waals surface area contributed by atoms with Gasteiger partial charge in [-0.15, -0.1) is 5.54 Å². The van der Waals surface area contributed by atoms with Crippen LogP contribution >= 0.6 is 0 Å². The second-order valence-electron chi connectivity index (χ2n) is 8.23. The third-order valence-electron chi connectivity index (χ3n) is 5.75. The largest absolute Gasteiger partial charge is 0.368 e. The van der Waals surface area contributed by atoms with Crippen molar-refractivity contribution < 1.29 is 0 Å². The van der Waals surface area contributed by atoms with Crippen LogP contribution in [0.15, 0.2) is 24.3 Å². The van der Waals surface area contributed by atoms with Gasteiger partial charge in [-0.1, -0.05) is 59.6 Å². The molecule has 0 saturated carbocycles. The van der Waals surface area contributed by atoms with Gasteiger partial charge < -0.3 is 5.73 Å². The van der Waals surface area contributed by atoms with Gasteiger partial charge in [0.2, 0.25) is 5.95 Å². The molecule has 0 amide bonds. The van der Waals surface area contributed by atoms with Crippen molar-refractivity contribution in [2.45, 2.75) is 65.1 Å². The molecule has 146 valence electrons. The quantitative estimate of drug-likeness (QED) is 0.554. The van der Waals surface area contributed by atoms with E-state index in [1.54, 1.807) is 6.07 Å². The first-order chi connectivity index (χ1) is 13.1. The van der Waals surface area contributed by atoms with E-state index < -0.39 is 8.07 Å². The number of hydrogen-bond acceptors (Lipinski definition) is 4. The Balaban J connectivity index is 2.60. The van der Waals surface area contributed by atoms with Crippen molar-refractivity contribution in [1.29, 1.82) is 5.26 Å². The van der Waals surface area contributed by atoms with E-state index in [4.69, 9.17) is 5.73 Å². The average molecular weight is 391 g/mol. The van der Waals surface area contributed by atoms with Crippen molar-refractivity contribution in [3.05, 3.63) is 41.1 Å². The normalized spacial score (nSPS) is 11.5. The highest BCUT2D eigenvalue weighted by Crippen LogP contribution is 2.40. The van der Waals surface area contributed by atoms with Crippen molar-refractivity contribution in [2.75, 3.05) is 5.73 Å². The monoisotopic (exact) mass is 390 g/mol. The van der Waals surface area contributed by atoms with Crippen LogP contribution in [0.1, 0.15) is 58.4 Å². The van der Waals surface area contributed by atoms with E-state index in [0.717, 1.165) is 11.1 Å². The molecule has 0 saturated heterocycles. The Labute approximate surface area is 170 Å². The molecule has 0 fully saturated rings. The smallest absolute Gasteiger partial charge is 0.221 e. The van der Waals surface area contributed by atoms with Crippen LogP contribution in [0.3, 0.4) is 0 Å². The molecule has 0 aliphatic rings. The summed E-state index contributed by atoms with van der Waals surface area (Å²) in [4.78, 5) is 8.75. The van der Waals surface area contributed by atoms with Crippen LogP contribution in [-0.4, -0.2) is 18.0 Å². The third-order valence-corrected chi connectivity index (χ3v) is 12.0. The van der Waals surface area contributed by atoms with Gasteiger partial charge in [0.05, 0.1) is 17.3 Å². The molecule has 0 unspecified atom stereocenters. The molecule has 1 aromatic heterocycles. The van der Waals surface area contributed by atoms with E-state index >= 15 is 0 Å². The second kappa shape index (κ2) is 8.58. The SMILES string of the molecule is Cc1c(C#N)cccc1-c1cc(C#C[Si](C(C)C)(C(C)C)C(C)C)nc(N)n1. The summed E-state index contributed by atoms with van der Waals surface area (Å²) >= 11 is 0. The highest BCUT2D eigenvalue weighted by Gasteiger charge is 2.41. The molecule has 2 rings (SSSR count). The Morgan fingerprint density at radius 2 is 1.61 bits per heavy atom. The number of nitrogens with zero attached hydrogens (tertiary/aromatic N) is 3. The Morgan fingerprint density at radius 1 is 1.00 bits per heavy atom. The molecule has 0 bridgehead atoms. The van der Waals surface area contributed by atoms with E-state index in [2.05, 4.69) is 69.0 Å². The summed E-state index contributed by atoms with van der Waals surface area (Å²) in [6.45, 7) is 15.7. The first-order valence-electron chi connectivity index (χ1n) is 9.81. The Bertz CT molecular complexity index is 937. The Hall–Kier alpha value is -2.63. The molecule has 1 heterocycles. The van der Waals surface area contributed by atoms with Crippen molar-refractivity contribution in [3.8, 4) is 28.8 Å². The lowest BCUT2D eigenvalue weighted by Crippen LogP contribution is -2.43. The van der Waals surface area contributed by atoms with E-state index in [-0.39, 0.29) is 5.95 Å². The first kappa shape index (κ1) is 21.7. The minimum atomic E-state index is -1.86.